The molecule has 1 aromatic heterocycles. The number of hydrogen-bond acceptors (Lipinski definition) is 2. The van der Waals surface area contributed by atoms with E-state index in [2.05, 4.69) is 29.8 Å². The third-order valence-corrected chi connectivity index (χ3v) is 4.75. The maximum Gasteiger partial charge on any atom is 0.112 e. The number of nitrogens with two attached hydrogens (primary N) is 1. The van der Waals surface area contributed by atoms with Gasteiger partial charge in [-0.1, -0.05) is 12.5 Å². The molecule has 2 saturated carbocycles. The van der Waals surface area contributed by atoms with E-state index < -0.39 is 0 Å². The van der Waals surface area contributed by atoms with E-state index in [4.69, 9.17) is 10.7 Å². The summed E-state index contributed by atoms with van der Waals surface area (Å²) in [5.74, 6) is 1.94. The van der Waals surface area contributed by atoms with Gasteiger partial charge < -0.3 is 10.3 Å². The first-order valence-electron chi connectivity index (χ1n) is 6.93. The van der Waals surface area contributed by atoms with Crippen molar-refractivity contribution in [1.82, 2.24) is 9.55 Å². The highest BCUT2D eigenvalue weighted by Gasteiger charge is 2.40. The Kier molecular flexibility index (Phi) is 1.97. The first-order chi connectivity index (χ1) is 8.67. The van der Waals surface area contributed by atoms with E-state index in [1.165, 1.54) is 36.2 Å². The summed E-state index contributed by atoms with van der Waals surface area (Å²) in [6.07, 6.45) is 6.18. The average molecular weight is 241 g/mol. The highest BCUT2D eigenvalue weighted by molar-refractivity contribution is 5.77. The Hall–Kier alpha value is -1.35. The van der Waals surface area contributed by atoms with Crippen molar-refractivity contribution >= 4 is 11.0 Å². The highest BCUT2D eigenvalue weighted by Crippen LogP contribution is 2.44. The van der Waals surface area contributed by atoms with Crippen LogP contribution in [0.25, 0.3) is 11.0 Å². The van der Waals surface area contributed by atoms with Crippen molar-refractivity contribution in [3.63, 3.8) is 0 Å². The van der Waals surface area contributed by atoms with Crippen molar-refractivity contribution in [2.75, 3.05) is 0 Å². The van der Waals surface area contributed by atoms with Gasteiger partial charge in [-0.2, -0.15) is 0 Å². The van der Waals surface area contributed by atoms with Crippen molar-refractivity contribution in [1.29, 1.82) is 0 Å². The van der Waals surface area contributed by atoms with E-state index >= 15 is 0 Å². The SMILES string of the molecule is Cn1c(C2CCC2)nc2ccc(C3(N)CC3)cc21. The molecule has 0 aliphatic heterocycles. The van der Waals surface area contributed by atoms with Gasteiger partial charge in [0, 0.05) is 18.5 Å². The first-order valence-corrected chi connectivity index (χ1v) is 6.93. The van der Waals surface area contributed by atoms with Crippen molar-refractivity contribution in [3.05, 3.63) is 29.6 Å². The fraction of sp³-hybridized carbons (Fsp3) is 0.533. The quantitative estimate of drug-likeness (QED) is 0.878. The van der Waals surface area contributed by atoms with Gasteiger partial charge in [0.2, 0.25) is 0 Å². The third kappa shape index (κ3) is 1.37. The fourth-order valence-electron chi connectivity index (χ4n) is 2.97. The molecule has 0 unspecified atom stereocenters. The lowest BCUT2D eigenvalue weighted by molar-refractivity contribution is 0.394. The van der Waals surface area contributed by atoms with E-state index in [0.717, 1.165) is 18.4 Å². The summed E-state index contributed by atoms with van der Waals surface area (Å²) in [7, 11) is 2.14. The number of benzene rings is 1. The van der Waals surface area contributed by atoms with Crippen LogP contribution in [0.4, 0.5) is 0 Å². The molecule has 0 spiro atoms. The summed E-state index contributed by atoms with van der Waals surface area (Å²) >= 11 is 0. The summed E-state index contributed by atoms with van der Waals surface area (Å²) in [6.45, 7) is 0. The summed E-state index contributed by atoms with van der Waals surface area (Å²) in [5.41, 5.74) is 9.87. The molecule has 1 heterocycles. The molecule has 0 atom stereocenters. The fourth-order valence-corrected chi connectivity index (χ4v) is 2.97. The zero-order valence-electron chi connectivity index (χ0n) is 10.8. The number of imidazole rings is 1. The van der Waals surface area contributed by atoms with E-state index in [1.54, 1.807) is 0 Å². The second-order valence-electron chi connectivity index (χ2n) is 6.02. The molecule has 2 aromatic rings. The molecule has 2 aliphatic carbocycles. The Balaban J connectivity index is 1.85. The second-order valence-corrected chi connectivity index (χ2v) is 6.02. The summed E-state index contributed by atoms with van der Waals surface area (Å²) in [6, 6.07) is 6.55. The monoisotopic (exact) mass is 241 g/mol. The minimum absolute atomic E-state index is 0.0465. The molecule has 94 valence electrons. The number of aromatic nitrogens is 2. The Labute approximate surface area is 107 Å². The van der Waals surface area contributed by atoms with E-state index in [1.807, 2.05) is 0 Å². The molecular weight excluding hydrogens is 222 g/mol. The molecule has 3 nitrogen and oxygen atoms in total. The maximum atomic E-state index is 6.28. The molecule has 0 radical (unpaired) electrons. The van der Waals surface area contributed by atoms with E-state index in [9.17, 15) is 0 Å². The van der Waals surface area contributed by atoms with Gasteiger partial charge in [0.05, 0.1) is 11.0 Å². The van der Waals surface area contributed by atoms with Crippen LogP contribution in [0.2, 0.25) is 0 Å². The van der Waals surface area contributed by atoms with Gasteiger partial charge in [0.1, 0.15) is 5.82 Å². The predicted octanol–water partition coefficient (Wildman–Crippen LogP) is 2.79. The van der Waals surface area contributed by atoms with Crippen LogP contribution in [0.15, 0.2) is 18.2 Å². The first kappa shape index (κ1) is 10.6. The van der Waals surface area contributed by atoms with Gasteiger partial charge in [-0.05, 0) is 43.4 Å². The standard InChI is InChI=1S/C15H19N3/c1-18-13-9-11(15(16)7-8-15)5-6-12(13)17-14(18)10-3-2-4-10/h5-6,9-10H,2-4,7-8,16H2,1H3. The van der Waals surface area contributed by atoms with Crippen molar-refractivity contribution < 1.29 is 0 Å². The Bertz CT molecular complexity index is 618. The van der Waals surface area contributed by atoms with Gasteiger partial charge in [0.25, 0.3) is 0 Å². The van der Waals surface area contributed by atoms with Crippen LogP contribution in [0.5, 0.6) is 0 Å². The van der Waals surface area contributed by atoms with Crippen molar-refractivity contribution in [2.45, 2.75) is 43.6 Å². The Morgan fingerprint density at radius 3 is 2.72 bits per heavy atom. The lowest BCUT2D eigenvalue weighted by Crippen LogP contribution is -2.18. The minimum atomic E-state index is -0.0465. The number of rotatable bonds is 2. The van der Waals surface area contributed by atoms with Crippen LogP contribution in [-0.2, 0) is 12.6 Å². The normalized spacial score (nSPS) is 22.1. The van der Waals surface area contributed by atoms with Crippen LogP contribution in [0.1, 0.15) is 49.4 Å². The summed E-state index contributed by atoms with van der Waals surface area (Å²) in [4.78, 5) is 4.80. The number of aryl methyl sites for hydroxylation is 1. The zero-order valence-corrected chi connectivity index (χ0v) is 10.8. The van der Waals surface area contributed by atoms with E-state index in [0.29, 0.717) is 5.92 Å². The van der Waals surface area contributed by atoms with Gasteiger partial charge in [-0.25, -0.2) is 4.98 Å². The smallest absolute Gasteiger partial charge is 0.112 e. The lowest BCUT2D eigenvalue weighted by Gasteiger charge is -2.24. The van der Waals surface area contributed by atoms with Crippen LogP contribution < -0.4 is 5.73 Å². The molecule has 0 amide bonds. The van der Waals surface area contributed by atoms with Gasteiger partial charge in [0.15, 0.2) is 0 Å². The van der Waals surface area contributed by atoms with Crippen molar-refractivity contribution in [2.24, 2.45) is 12.8 Å². The number of nitrogens with zero attached hydrogens (tertiary/aromatic N) is 2. The second kappa shape index (κ2) is 3.35. The van der Waals surface area contributed by atoms with Crippen LogP contribution in [0, 0.1) is 0 Å². The lowest BCUT2D eigenvalue weighted by atomic mass is 9.85. The predicted molar refractivity (Wildman–Crippen MR) is 72.4 cm³/mol. The maximum absolute atomic E-state index is 6.28. The molecule has 0 bridgehead atoms. The third-order valence-electron chi connectivity index (χ3n) is 4.75. The largest absolute Gasteiger partial charge is 0.331 e. The highest BCUT2D eigenvalue weighted by atomic mass is 15.1. The topological polar surface area (TPSA) is 43.8 Å². The molecule has 2 fully saturated rings. The van der Waals surface area contributed by atoms with Gasteiger partial charge in [-0.15, -0.1) is 0 Å². The Morgan fingerprint density at radius 1 is 1.33 bits per heavy atom. The average Bonchev–Trinajstić information content (AvgIpc) is 2.97. The summed E-state index contributed by atoms with van der Waals surface area (Å²) in [5, 5.41) is 0. The molecule has 2 aliphatic rings. The summed E-state index contributed by atoms with van der Waals surface area (Å²) < 4.78 is 2.27. The number of hydrogen-bond donors (Lipinski definition) is 1. The van der Waals surface area contributed by atoms with Gasteiger partial charge >= 0.3 is 0 Å². The van der Waals surface area contributed by atoms with Gasteiger partial charge in [-0.3, -0.25) is 0 Å². The van der Waals surface area contributed by atoms with Crippen LogP contribution in [-0.4, -0.2) is 9.55 Å². The molecule has 4 rings (SSSR count). The van der Waals surface area contributed by atoms with Crippen molar-refractivity contribution in [3.8, 4) is 0 Å². The Morgan fingerprint density at radius 2 is 2.11 bits per heavy atom. The molecule has 3 heteroatoms. The minimum Gasteiger partial charge on any atom is -0.331 e. The van der Waals surface area contributed by atoms with Crippen LogP contribution >= 0.6 is 0 Å². The zero-order chi connectivity index (χ0) is 12.3. The molecule has 1 aromatic carbocycles. The number of fused-ring (bicyclic) bond motifs is 1. The molecule has 2 N–H and O–H groups in total. The van der Waals surface area contributed by atoms with Crippen LogP contribution in [0.3, 0.4) is 0 Å². The molecule has 18 heavy (non-hydrogen) atoms. The molecular formula is C15H19N3. The molecule has 0 saturated heterocycles. The van der Waals surface area contributed by atoms with E-state index in [-0.39, 0.29) is 5.54 Å².